The maximum Gasteiger partial charge on any atom is 0.121 e. The Bertz CT molecular complexity index is 302. The van der Waals surface area contributed by atoms with Crippen molar-refractivity contribution in [3.05, 3.63) is 24.3 Å². The van der Waals surface area contributed by atoms with Gasteiger partial charge in [0.15, 0.2) is 0 Å². The molecule has 0 heterocycles. The van der Waals surface area contributed by atoms with E-state index in [9.17, 15) is 0 Å². The van der Waals surface area contributed by atoms with E-state index in [1.807, 2.05) is 24.3 Å². The van der Waals surface area contributed by atoms with Crippen LogP contribution in [0.3, 0.4) is 0 Å². The number of rotatable bonds is 7. The van der Waals surface area contributed by atoms with Crippen molar-refractivity contribution in [2.24, 2.45) is 0 Å². The molecule has 0 aromatic heterocycles. The van der Waals surface area contributed by atoms with Crippen molar-refractivity contribution in [2.75, 3.05) is 18.5 Å². The number of aliphatic hydroxyl groups excluding tert-OH is 1. The van der Waals surface area contributed by atoms with Gasteiger partial charge in [0, 0.05) is 24.9 Å². The maximum atomic E-state index is 8.69. The molecule has 0 fully saturated rings. The fraction of sp³-hybridized carbons (Fsp3) is 0.538. The highest BCUT2D eigenvalue weighted by atomic mass is 16.5. The van der Waals surface area contributed by atoms with Gasteiger partial charge in [0.1, 0.15) is 5.75 Å². The SMILES string of the molecule is CCC(C)Oc1cccc(NCCCO)c1. The zero-order valence-corrected chi connectivity index (χ0v) is 10.1. The number of ether oxygens (including phenoxy) is 1. The van der Waals surface area contributed by atoms with Gasteiger partial charge in [0.2, 0.25) is 0 Å². The van der Waals surface area contributed by atoms with E-state index < -0.39 is 0 Å². The van der Waals surface area contributed by atoms with Crippen LogP contribution in [0.1, 0.15) is 26.7 Å². The largest absolute Gasteiger partial charge is 0.491 e. The van der Waals surface area contributed by atoms with Crippen LogP contribution in [0.4, 0.5) is 5.69 Å². The van der Waals surface area contributed by atoms with Crippen molar-refractivity contribution < 1.29 is 9.84 Å². The average molecular weight is 223 g/mol. The Morgan fingerprint density at radius 2 is 2.25 bits per heavy atom. The summed E-state index contributed by atoms with van der Waals surface area (Å²) in [5, 5.41) is 11.9. The molecule has 0 aliphatic rings. The van der Waals surface area contributed by atoms with Crippen LogP contribution in [-0.2, 0) is 0 Å². The van der Waals surface area contributed by atoms with E-state index in [4.69, 9.17) is 9.84 Å². The number of nitrogens with one attached hydrogen (secondary N) is 1. The molecule has 3 nitrogen and oxygen atoms in total. The molecule has 2 N–H and O–H groups in total. The Morgan fingerprint density at radius 1 is 1.44 bits per heavy atom. The third-order valence-corrected chi connectivity index (χ3v) is 2.41. The Morgan fingerprint density at radius 3 is 2.94 bits per heavy atom. The van der Waals surface area contributed by atoms with Gasteiger partial charge < -0.3 is 15.2 Å². The molecule has 1 rings (SSSR count). The van der Waals surface area contributed by atoms with Gasteiger partial charge >= 0.3 is 0 Å². The molecule has 0 amide bonds. The van der Waals surface area contributed by atoms with Gasteiger partial charge in [0.05, 0.1) is 6.10 Å². The van der Waals surface area contributed by atoms with Crippen LogP contribution in [0.2, 0.25) is 0 Å². The van der Waals surface area contributed by atoms with Crippen molar-refractivity contribution in [3.8, 4) is 5.75 Å². The maximum absolute atomic E-state index is 8.69. The van der Waals surface area contributed by atoms with Crippen LogP contribution in [0.5, 0.6) is 5.75 Å². The fourth-order valence-corrected chi connectivity index (χ4v) is 1.31. The molecule has 0 bridgehead atoms. The molecule has 0 aliphatic carbocycles. The van der Waals surface area contributed by atoms with Gasteiger partial charge in [0.25, 0.3) is 0 Å². The second kappa shape index (κ2) is 7.12. The van der Waals surface area contributed by atoms with Crippen molar-refractivity contribution >= 4 is 5.69 Å². The van der Waals surface area contributed by atoms with E-state index in [-0.39, 0.29) is 12.7 Å². The predicted molar refractivity (Wildman–Crippen MR) is 67.0 cm³/mol. The van der Waals surface area contributed by atoms with E-state index in [0.717, 1.165) is 30.8 Å². The number of hydrogen-bond donors (Lipinski definition) is 2. The Labute approximate surface area is 97.4 Å². The number of anilines is 1. The zero-order chi connectivity index (χ0) is 11.8. The predicted octanol–water partition coefficient (Wildman–Crippen LogP) is 2.66. The van der Waals surface area contributed by atoms with E-state index in [0.29, 0.717) is 0 Å². The van der Waals surface area contributed by atoms with Gasteiger partial charge in [-0.05, 0) is 31.9 Å². The summed E-state index contributed by atoms with van der Waals surface area (Å²) in [7, 11) is 0. The second-order valence-electron chi connectivity index (χ2n) is 3.87. The third kappa shape index (κ3) is 4.53. The first-order valence-corrected chi connectivity index (χ1v) is 5.87. The highest BCUT2D eigenvalue weighted by Crippen LogP contribution is 2.19. The minimum Gasteiger partial charge on any atom is -0.491 e. The molecule has 90 valence electrons. The van der Waals surface area contributed by atoms with E-state index in [1.54, 1.807) is 0 Å². The molecule has 3 heteroatoms. The van der Waals surface area contributed by atoms with Crippen LogP contribution in [0.15, 0.2) is 24.3 Å². The lowest BCUT2D eigenvalue weighted by atomic mass is 10.2. The van der Waals surface area contributed by atoms with Crippen molar-refractivity contribution in [2.45, 2.75) is 32.8 Å². The number of hydrogen-bond acceptors (Lipinski definition) is 3. The smallest absolute Gasteiger partial charge is 0.121 e. The molecule has 1 unspecified atom stereocenters. The van der Waals surface area contributed by atoms with Gasteiger partial charge in [-0.25, -0.2) is 0 Å². The summed E-state index contributed by atoms with van der Waals surface area (Å²) in [4.78, 5) is 0. The summed E-state index contributed by atoms with van der Waals surface area (Å²) in [5.41, 5.74) is 1.04. The van der Waals surface area contributed by atoms with Crippen LogP contribution < -0.4 is 10.1 Å². The van der Waals surface area contributed by atoms with Gasteiger partial charge in [-0.1, -0.05) is 13.0 Å². The lowest BCUT2D eigenvalue weighted by Gasteiger charge is -2.13. The molecule has 1 atom stereocenters. The monoisotopic (exact) mass is 223 g/mol. The fourth-order valence-electron chi connectivity index (χ4n) is 1.31. The lowest BCUT2D eigenvalue weighted by molar-refractivity contribution is 0.217. The van der Waals surface area contributed by atoms with Crippen LogP contribution in [0, 0.1) is 0 Å². The van der Waals surface area contributed by atoms with Crippen molar-refractivity contribution in [1.29, 1.82) is 0 Å². The highest BCUT2D eigenvalue weighted by Gasteiger charge is 2.01. The van der Waals surface area contributed by atoms with Crippen LogP contribution in [0.25, 0.3) is 0 Å². The molecule has 0 saturated carbocycles. The molecule has 1 aromatic carbocycles. The minimum absolute atomic E-state index is 0.218. The summed E-state index contributed by atoms with van der Waals surface area (Å²) >= 11 is 0. The number of benzene rings is 1. The molecule has 0 saturated heterocycles. The Kier molecular flexibility index (Phi) is 5.72. The first-order chi connectivity index (χ1) is 7.76. The van der Waals surface area contributed by atoms with Crippen molar-refractivity contribution in [3.63, 3.8) is 0 Å². The third-order valence-electron chi connectivity index (χ3n) is 2.41. The first-order valence-electron chi connectivity index (χ1n) is 5.87. The summed E-state index contributed by atoms with van der Waals surface area (Å²) in [5.74, 6) is 0.892. The molecular weight excluding hydrogens is 202 g/mol. The Hall–Kier alpha value is -1.22. The minimum atomic E-state index is 0.218. The quantitative estimate of drug-likeness (QED) is 0.698. The normalized spacial score (nSPS) is 12.2. The van der Waals surface area contributed by atoms with E-state index >= 15 is 0 Å². The van der Waals surface area contributed by atoms with Gasteiger partial charge in [-0.15, -0.1) is 0 Å². The molecule has 0 aliphatic heterocycles. The number of aliphatic hydroxyl groups is 1. The standard InChI is InChI=1S/C13H21NO2/c1-3-11(2)16-13-7-4-6-12(10-13)14-8-5-9-15/h4,6-7,10-11,14-15H,3,5,8-9H2,1-2H3. The topological polar surface area (TPSA) is 41.5 Å². The van der Waals surface area contributed by atoms with Crippen molar-refractivity contribution in [1.82, 2.24) is 0 Å². The average Bonchev–Trinajstić information content (AvgIpc) is 2.30. The second-order valence-corrected chi connectivity index (χ2v) is 3.87. The Balaban J connectivity index is 2.50. The summed E-state index contributed by atoms with van der Waals surface area (Å²) in [6, 6.07) is 7.92. The van der Waals surface area contributed by atoms with E-state index in [2.05, 4.69) is 19.2 Å². The zero-order valence-electron chi connectivity index (χ0n) is 10.1. The lowest BCUT2D eigenvalue weighted by Crippen LogP contribution is -2.10. The van der Waals surface area contributed by atoms with E-state index in [1.165, 1.54) is 0 Å². The van der Waals surface area contributed by atoms with Gasteiger partial charge in [-0.2, -0.15) is 0 Å². The van der Waals surface area contributed by atoms with Crippen LogP contribution >= 0.6 is 0 Å². The molecule has 0 spiro atoms. The summed E-state index contributed by atoms with van der Waals surface area (Å²) in [6.45, 7) is 5.17. The summed E-state index contributed by atoms with van der Waals surface area (Å²) in [6.07, 6.45) is 2.01. The molecule has 16 heavy (non-hydrogen) atoms. The molecular formula is C13H21NO2. The molecule has 0 radical (unpaired) electrons. The summed E-state index contributed by atoms with van der Waals surface area (Å²) < 4.78 is 5.72. The highest BCUT2D eigenvalue weighted by molar-refractivity contribution is 5.48. The molecule has 1 aromatic rings. The first kappa shape index (κ1) is 12.8. The van der Waals surface area contributed by atoms with Gasteiger partial charge in [-0.3, -0.25) is 0 Å². The van der Waals surface area contributed by atoms with Crippen LogP contribution in [-0.4, -0.2) is 24.4 Å².